The van der Waals surface area contributed by atoms with E-state index in [1.165, 1.54) is 17.2 Å². The molecular formula is C19H18ClFN4. The minimum Gasteiger partial charge on any atom is -0.383 e. The van der Waals surface area contributed by atoms with Crippen LogP contribution in [0.4, 0.5) is 10.2 Å². The predicted molar refractivity (Wildman–Crippen MR) is 98.1 cm³/mol. The minimum absolute atomic E-state index is 0.0658. The molecule has 0 amide bonds. The van der Waals surface area contributed by atoms with Crippen molar-refractivity contribution in [2.24, 2.45) is 0 Å². The van der Waals surface area contributed by atoms with Gasteiger partial charge in [-0.1, -0.05) is 41.4 Å². The van der Waals surface area contributed by atoms with Gasteiger partial charge in [0.2, 0.25) is 0 Å². The molecule has 25 heavy (non-hydrogen) atoms. The number of hydrogen-bond acceptors (Lipinski definition) is 3. The van der Waals surface area contributed by atoms with E-state index in [0.717, 1.165) is 12.4 Å². The van der Waals surface area contributed by atoms with E-state index >= 15 is 0 Å². The van der Waals surface area contributed by atoms with Gasteiger partial charge in [-0.05, 0) is 30.7 Å². The van der Waals surface area contributed by atoms with E-state index < -0.39 is 5.82 Å². The number of imidazole rings is 1. The number of nitrogens with two attached hydrogens (primary N) is 1. The van der Waals surface area contributed by atoms with Crippen LogP contribution in [0.15, 0.2) is 42.5 Å². The Kier molecular flexibility index (Phi) is 3.98. The van der Waals surface area contributed by atoms with Crippen LogP contribution in [-0.4, -0.2) is 16.1 Å². The first-order valence-electron chi connectivity index (χ1n) is 8.14. The molecule has 128 valence electrons. The zero-order valence-corrected chi connectivity index (χ0v) is 14.5. The molecule has 2 aromatic carbocycles. The second-order valence-corrected chi connectivity index (χ2v) is 6.73. The third-order valence-corrected chi connectivity index (χ3v) is 4.90. The summed E-state index contributed by atoms with van der Waals surface area (Å²) < 4.78 is 15.5. The van der Waals surface area contributed by atoms with Crippen LogP contribution in [0.25, 0.3) is 11.3 Å². The summed E-state index contributed by atoms with van der Waals surface area (Å²) >= 11 is 5.92. The van der Waals surface area contributed by atoms with Crippen molar-refractivity contribution in [1.82, 2.24) is 14.9 Å². The van der Waals surface area contributed by atoms with Gasteiger partial charge in [0.25, 0.3) is 0 Å². The molecule has 1 aliphatic rings. The number of aromatic nitrogens is 2. The molecule has 2 heterocycles. The maximum Gasteiger partial charge on any atom is 0.141 e. The number of rotatable bonds is 2. The van der Waals surface area contributed by atoms with Gasteiger partial charge in [0.15, 0.2) is 0 Å². The summed E-state index contributed by atoms with van der Waals surface area (Å²) in [6.07, 6.45) is 0. The van der Waals surface area contributed by atoms with E-state index in [0.29, 0.717) is 23.6 Å². The van der Waals surface area contributed by atoms with Gasteiger partial charge >= 0.3 is 0 Å². The Labute approximate surface area is 150 Å². The highest BCUT2D eigenvalue weighted by atomic mass is 35.5. The number of anilines is 1. The molecule has 1 aromatic heterocycles. The van der Waals surface area contributed by atoms with Gasteiger partial charge in [0.1, 0.15) is 23.2 Å². The van der Waals surface area contributed by atoms with Crippen molar-refractivity contribution < 1.29 is 4.39 Å². The van der Waals surface area contributed by atoms with Crippen molar-refractivity contribution in [3.63, 3.8) is 0 Å². The maximum absolute atomic E-state index is 13.5. The van der Waals surface area contributed by atoms with E-state index in [1.807, 2.05) is 0 Å². The third kappa shape index (κ3) is 2.79. The molecule has 0 spiro atoms. The topological polar surface area (TPSA) is 55.9 Å². The molecule has 1 aliphatic heterocycles. The quantitative estimate of drug-likeness (QED) is 0.731. The first-order chi connectivity index (χ1) is 12.0. The number of nitrogens with zero attached hydrogens (tertiary/aromatic N) is 2. The number of benzene rings is 2. The fraction of sp³-hybridized carbons (Fsp3) is 0.211. The van der Waals surface area contributed by atoms with Crippen LogP contribution < -0.4 is 11.1 Å². The van der Waals surface area contributed by atoms with Gasteiger partial charge in [-0.3, -0.25) is 0 Å². The van der Waals surface area contributed by atoms with Crippen molar-refractivity contribution in [3.05, 3.63) is 70.3 Å². The Hall–Kier alpha value is -2.37. The molecule has 0 radical (unpaired) electrons. The van der Waals surface area contributed by atoms with Crippen LogP contribution in [0.1, 0.15) is 23.0 Å². The lowest BCUT2D eigenvalue weighted by atomic mass is 10.0. The van der Waals surface area contributed by atoms with Gasteiger partial charge in [-0.2, -0.15) is 0 Å². The molecule has 0 aliphatic carbocycles. The molecule has 4 rings (SSSR count). The Morgan fingerprint density at radius 2 is 2.00 bits per heavy atom. The normalized spacial score (nSPS) is 16.7. The first-order valence-corrected chi connectivity index (χ1v) is 8.51. The highest BCUT2D eigenvalue weighted by molar-refractivity contribution is 6.31. The highest BCUT2D eigenvalue weighted by Crippen LogP contribution is 2.34. The zero-order chi connectivity index (χ0) is 17.6. The van der Waals surface area contributed by atoms with E-state index in [2.05, 4.69) is 46.1 Å². The SMILES string of the molecule is Cc1ccc(C2CNCc3nc(-c4ccc(F)c(Cl)c4)c(N)n32)cc1. The molecule has 0 bridgehead atoms. The van der Waals surface area contributed by atoms with E-state index in [-0.39, 0.29) is 11.1 Å². The van der Waals surface area contributed by atoms with Crippen molar-refractivity contribution >= 4 is 17.4 Å². The summed E-state index contributed by atoms with van der Waals surface area (Å²) in [6, 6.07) is 13.0. The first kappa shape index (κ1) is 16.1. The van der Waals surface area contributed by atoms with Crippen molar-refractivity contribution in [1.29, 1.82) is 0 Å². The summed E-state index contributed by atoms with van der Waals surface area (Å²) in [5.41, 5.74) is 10.2. The number of aryl methyl sites for hydroxylation is 1. The molecule has 1 unspecified atom stereocenters. The van der Waals surface area contributed by atoms with E-state index in [4.69, 9.17) is 17.3 Å². The number of nitrogens with one attached hydrogen (secondary N) is 1. The van der Waals surface area contributed by atoms with Crippen LogP contribution in [0.3, 0.4) is 0 Å². The van der Waals surface area contributed by atoms with Crippen LogP contribution in [-0.2, 0) is 6.54 Å². The summed E-state index contributed by atoms with van der Waals surface area (Å²) in [4.78, 5) is 4.68. The lowest BCUT2D eigenvalue weighted by Gasteiger charge is -2.27. The van der Waals surface area contributed by atoms with Crippen LogP contribution >= 0.6 is 11.6 Å². The number of hydrogen-bond donors (Lipinski definition) is 2. The van der Waals surface area contributed by atoms with Crippen molar-refractivity contribution in [2.45, 2.75) is 19.5 Å². The molecular weight excluding hydrogens is 339 g/mol. The average Bonchev–Trinajstić information content (AvgIpc) is 2.95. The summed E-state index contributed by atoms with van der Waals surface area (Å²) in [7, 11) is 0. The van der Waals surface area contributed by atoms with Gasteiger partial charge in [-0.15, -0.1) is 0 Å². The molecule has 0 saturated carbocycles. The molecule has 3 N–H and O–H groups in total. The van der Waals surface area contributed by atoms with Crippen molar-refractivity contribution in [3.8, 4) is 11.3 Å². The molecule has 3 aromatic rings. The van der Waals surface area contributed by atoms with Crippen LogP contribution in [0, 0.1) is 12.7 Å². The lowest BCUT2D eigenvalue weighted by Crippen LogP contribution is -2.34. The molecule has 0 fully saturated rings. The Morgan fingerprint density at radius 3 is 2.72 bits per heavy atom. The van der Waals surface area contributed by atoms with Gasteiger partial charge in [0, 0.05) is 12.1 Å². The Morgan fingerprint density at radius 1 is 1.24 bits per heavy atom. The van der Waals surface area contributed by atoms with Crippen molar-refractivity contribution in [2.75, 3.05) is 12.3 Å². The van der Waals surface area contributed by atoms with Crippen LogP contribution in [0.2, 0.25) is 5.02 Å². The fourth-order valence-electron chi connectivity index (χ4n) is 3.29. The van der Waals surface area contributed by atoms with E-state index in [9.17, 15) is 4.39 Å². The lowest BCUT2D eigenvalue weighted by molar-refractivity contribution is 0.448. The number of fused-ring (bicyclic) bond motifs is 1. The number of nitrogen functional groups attached to an aromatic ring is 1. The van der Waals surface area contributed by atoms with E-state index in [1.54, 1.807) is 12.1 Å². The van der Waals surface area contributed by atoms with Crippen LogP contribution in [0.5, 0.6) is 0 Å². The standard InChI is InChI=1S/C19H18ClFN4/c1-11-2-4-12(5-3-11)16-9-23-10-17-24-18(19(22)25(16)17)13-6-7-15(21)14(20)8-13/h2-8,16,23H,9-10,22H2,1H3. The molecule has 0 saturated heterocycles. The summed E-state index contributed by atoms with van der Waals surface area (Å²) in [5.74, 6) is 0.988. The van der Waals surface area contributed by atoms with Gasteiger partial charge in [-0.25, -0.2) is 9.37 Å². The largest absolute Gasteiger partial charge is 0.383 e. The van der Waals surface area contributed by atoms with Gasteiger partial charge in [0.05, 0.1) is 17.6 Å². The summed E-state index contributed by atoms with van der Waals surface area (Å²) in [6.45, 7) is 3.48. The fourth-order valence-corrected chi connectivity index (χ4v) is 3.47. The summed E-state index contributed by atoms with van der Waals surface area (Å²) in [5, 5.41) is 3.46. The third-order valence-electron chi connectivity index (χ3n) is 4.61. The minimum atomic E-state index is -0.452. The Balaban J connectivity index is 1.81. The smallest absolute Gasteiger partial charge is 0.141 e. The second kappa shape index (κ2) is 6.17. The number of halogens is 2. The zero-order valence-electron chi connectivity index (χ0n) is 13.8. The second-order valence-electron chi connectivity index (χ2n) is 6.32. The molecule has 6 heteroatoms. The van der Waals surface area contributed by atoms with Gasteiger partial charge < -0.3 is 15.6 Å². The maximum atomic E-state index is 13.5. The highest BCUT2D eigenvalue weighted by Gasteiger charge is 2.27. The predicted octanol–water partition coefficient (Wildman–Crippen LogP) is 3.93. The Bertz CT molecular complexity index is 933. The average molecular weight is 357 g/mol. The monoisotopic (exact) mass is 356 g/mol. The molecule has 4 nitrogen and oxygen atoms in total. The molecule has 1 atom stereocenters.